The van der Waals surface area contributed by atoms with Crippen LogP contribution < -0.4 is 11.1 Å². The highest BCUT2D eigenvalue weighted by Gasteiger charge is 2.08. The van der Waals surface area contributed by atoms with E-state index in [0.29, 0.717) is 25.6 Å². The lowest BCUT2D eigenvalue weighted by atomic mass is 10.0. The molecule has 0 rings (SSSR count). The number of unbranched alkanes of at least 4 members (excludes halogenated alkanes) is 1. The van der Waals surface area contributed by atoms with Crippen LogP contribution in [0.3, 0.4) is 0 Å². The van der Waals surface area contributed by atoms with Crippen molar-refractivity contribution in [1.29, 1.82) is 0 Å². The van der Waals surface area contributed by atoms with Gasteiger partial charge in [0.1, 0.15) is 0 Å². The lowest BCUT2D eigenvalue weighted by Gasteiger charge is -2.17. The smallest absolute Gasteiger partial charge is 0.0897 e. The first-order chi connectivity index (χ1) is 8.24. The molecular weight excluding hydrogens is 216 g/mol. The third kappa shape index (κ3) is 10.7. The monoisotopic (exact) mass is 246 g/mol. The molecule has 0 aromatic carbocycles. The zero-order valence-electron chi connectivity index (χ0n) is 11.5. The van der Waals surface area contributed by atoms with Crippen molar-refractivity contribution < 1.29 is 9.84 Å². The summed E-state index contributed by atoms with van der Waals surface area (Å²) in [6.45, 7) is 7.49. The van der Waals surface area contributed by atoms with E-state index in [0.717, 1.165) is 19.6 Å². The summed E-state index contributed by atoms with van der Waals surface area (Å²) >= 11 is 0. The van der Waals surface area contributed by atoms with E-state index in [1.165, 1.54) is 19.3 Å². The molecule has 0 saturated heterocycles. The molecule has 2 unspecified atom stereocenters. The van der Waals surface area contributed by atoms with Gasteiger partial charge in [-0.3, -0.25) is 0 Å². The van der Waals surface area contributed by atoms with Gasteiger partial charge < -0.3 is 20.9 Å². The molecule has 0 radical (unpaired) electrons. The summed E-state index contributed by atoms with van der Waals surface area (Å²) in [5, 5.41) is 12.7. The number of aliphatic hydroxyl groups excluding tert-OH is 1. The van der Waals surface area contributed by atoms with Crippen molar-refractivity contribution in [1.82, 2.24) is 5.32 Å². The van der Waals surface area contributed by atoms with E-state index in [2.05, 4.69) is 19.2 Å². The zero-order valence-corrected chi connectivity index (χ0v) is 11.5. The van der Waals surface area contributed by atoms with Gasteiger partial charge in [0.15, 0.2) is 0 Å². The van der Waals surface area contributed by atoms with E-state index in [9.17, 15) is 5.11 Å². The molecule has 4 heteroatoms. The van der Waals surface area contributed by atoms with Crippen LogP contribution in [0.2, 0.25) is 0 Å². The van der Waals surface area contributed by atoms with Crippen LogP contribution in [0.1, 0.15) is 39.5 Å². The van der Waals surface area contributed by atoms with Crippen molar-refractivity contribution in [3.8, 4) is 0 Å². The Morgan fingerprint density at radius 3 is 2.65 bits per heavy atom. The summed E-state index contributed by atoms with van der Waals surface area (Å²) < 4.78 is 5.55. The normalized spacial score (nSPS) is 14.8. The zero-order chi connectivity index (χ0) is 12.9. The minimum Gasteiger partial charge on any atom is -0.389 e. The van der Waals surface area contributed by atoms with Crippen LogP contribution >= 0.6 is 0 Å². The second-order valence-corrected chi connectivity index (χ2v) is 4.60. The van der Waals surface area contributed by atoms with Crippen LogP contribution in [0, 0.1) is 5.92 Å². The molecule has 2 atom stereocenters. The molecule has 4 nitrogen and oxygen atoms in total. The summed E-state index contributed by atoms with van der Waals surface area (Å²) in [4.78, 5) is 0. The fraction of sp³-hybridized carbons (Fsp3) is 1.00. The lowest BCUT2D eigenvalue weighted by molar-refractivity contribution is 0.0195. The molecule has 104 valence electrons. The van der Waals surface area contributed by atoms with E-state index in [1.54, 1.807) is 0 Å². The highest BCUT2D eigenvalue weighted by Crippen LogP contribution is 2.12. The number of rotatable bonds is 12. The molecule has 0 aromatic heterocycles. The van der Waals surface area contributed by atoms with Gasteiger partial charge >= 0.3 is 0 Å². The Balaban J connectivity index is 3.45. The Morgan fingerprint density at radius 1 is 1.29 bits per heavy atom. The van der Waals surface area contributed by atoms with Gasteiger partial charge in [0.05, 0.1) is 12.7 Å². The maximum Gasteiger partial charge on any atom is 0.0897 e. The molecule has 0 aromatic rings. The minimum absolute atomic E-state index is 0.417. The predicted octanol–water partition coefficient (Wildman–Crippen LogP) is 1.13. The first-order valence-electron chi connectivity index (χ1n) is 6.91. The van der Waals surface area contributed by atoms with Crippen molar-refractivity contribution in [2.75, 3.05) is 32.8 Å². The predicted molar refractivity (Wildman–Crippen MR) is 72.1 cm³/mol. The van der Waals surface area contributed by atoms with E-state index >= 15 is 0 Å². The topological polar surface area (TPSA) is 67.5 Å². The van der Waals surface area contributed by atoms with Gasteiger partial charge in [-0.2, -0.15) is 0 Å². The van der Waals surface area contributed by atoms with Crippen molar-refractivity contribution in [2.45, 2.75) is 45.6 Å². The van der Waals surface area contributed by atoms with Crippen molar-refractivity contribution >= 4 is 0 Å². The quantitative estimate of drug-likeness (QED) is 0.452. The van der Waals surface area contributed by atoms with Crippen LogP contribution in [0.5, 0.6) is 0 Å². The molecule has 0 bridgehead atoms. The molecule has 0 aliphatic heterocycles. The van der Waals surface area contributed by atoms with Gasteiger partial charge in [-0.25, -0.2) is 0 Å². The maximum absolute atomic E-state index is 9.61. The first-order valence-corrected chi connectivity index (χ1v) is 6.91. The second-order valence-electron chi connectivity index (χ2n) is 4.60. The van der Waals surface area contributed by atoms with Crippen LogP contribution in [-0.2, 0) is 4.74 Å². The van der Waals surface area contributed by atoms with Gasteiger partial charge in [-0.15, -0.1) is 0 Å². The van der Waals surface area contributed by atoms with E-state index in [1.807, 2.05) is 0 Å². The molecule has 17 heavy (non-hydrogen) atoms. The van der Waals surface area contributed by atoms with Gasteiger partial charge in [-0.1, -0.05) is 33.1 Å². The molecule has 0 fully saturated rings. The van der Waals surface area contributed by atoms with E-state index < -0.39 is 6.10 Å². The van der Waals surface area contributed by atoms with Crippen molar-refractivity contribution in [3.63, 3.8) is 0 Å². The highest BCUT2D eigenvalue weighted by molar-refractivity contribution is 4.60. The fourth-order valence-corrected chi connectivity index (χ4v) is 1.70. The lowest BCUT2D eigenvalue weighted by Crippen LogP contribution is -2.33. The van der Waals surface area contributed by atoms with Gasteiger partial charge in [0, 0.05) is 26.2 Å². The number of aliphatic hydroxyl groups is 1. The molecule has 0 aliphatic carbocycles. The van der Waals surface area contributed by atoms with Gasteiger partial charge in [-0.05, 0) is 12.3 Å². The Morgan fingerprint density at radius 2 is 2.06 bits per heavy atom. The Bertz CT molecular complexity index is 156. The highest BCUT2D eigenvalue weighted by atomic mass is 16.5. The minimum atomic E-state index is -0.426. The summed E-state index contributed by atoms with van der Waals surface area (Å²) in [5.41, 5.74) is 5.34. The maximum atomic E-state index is 9.61. The third-order valence-corrected chi connectivity index (χ3v) is 2.91. The number of nitrogens with one attached hydrogen (secondary N) is 1. The van der Waals surface area contributed by atoms with E-state index in [-0.39, 0.29) is 0 Å². The fourth-order valence-electron chi connectivity index (χ4n) is 1.70. The Labute approximate surface area is 106 Å². The van der Waals surface area contributed by atoms with E-state index in [4.69, 9.17) is 10.5 Å². The average Bonchev–Trinajstić information content (AvgIpc) is 2.34. The first kappa shape index (κ1) is 16.8. The number of nitrogens with two attached hydrogens (primary N) is 1. The molecule has 0 saturated carbocycles. The molecule has 0 heterocycles. The summed E-state index contributed by atoms with van der Waals surface area (Å²) in [5.74, 6) is 0.638. The van der Waals surface area contributed by atoms with Crippen LogP contribution in [-0.4, -0.2) is 44.1 Å². The van der Waals surface area contributed by atoms with Crippen LogP contribution in [0.4, 0.5) is 0 Å². The molecule has 0 aliphatic rings. The number of hydrogen-bond acceptors (Lipinski definition) is 4. The Kier molecular flexibility index (Phi) is 12.2. The van der Waals surface area contributed by atoms with Crippen LogP contribution in [0.25, 0.3) is 0 Å². The molecule has 0 spiro atoms. The standard InChI is InChI=1S/C13H30N2O2/c1-3-5-6-12(4-2)10-17-11-13(16)9-15-8-7-14/h12-13,15-16H,3-11,14H2,1-2H3. The number of hydrogen-bond donors (Lipinski definition) is 3. The molecule has 0 amide bonds. The SMILES string of the molecule is CCCCC(CC)COCC(O)CNCCN. The molecular formula is C13H30N2O2. The number of ether oxygens (including phenoxy) is 1. The van der Waals surface area contributed by atoms with Crippen molar-refractivity contribution in [2.24, 2.45) is 11.7 Å². The van der Waals surface area contributed by atoms with Crippen molar-refractivity contribution in [3.05, 3.63) is 0 Å². The second kappa shape index (κ2) is 12.3. The van der Waals surface area contributed by atoms with Crippen LogP contribution in [0.15, 0.2) is 0 Å². The average molecular weight is 246 g/mol. The third-order valence-electron chi connectivity index (χ3n) is 2.91. The van der Waals surface area contributed by atoms with Gasteiger partial charge in [0.2, 0.25) is 0 Å². The van der Waals surface area contributed by atoms with Gasteiger partial charge in [0.25, 0.3) is 0 Å². The summed E-state index contributed by atoms with van der Waals surface area (Å²) in [7, 11) is 0. The Hall–Kier alpha value is -0.160. The summed E-state index contributed by atoms with van der Waals surface area (Å²) in [6.07, 6.45) is 4.46. The molecule has 4 N–H and O–H groups in total. The largest absolute Gasteiger partial charge is 0.389 e. The summed E-state index contributed by atoms with van der Waals surface area (Å²) in [6, 6.07) is 0.